The minimum absolute atomic E-state index is 0.0119. The number of amides is 1. The van der Waals surface area contributed by atoms with E-state index in [0.29, 0.717) is 31.1 Å². The number of H-pyrrole nitrogens is 1. The van der Waals surface area contributed by atoms with Crippen LogP contribution < -0.4 is 4.74 Å². The van der Waals surface area contributed by atoms with E-state index in [-0.39, 0.29) is 11.9 Å². The van der Waals surface area contributed by atoms with Crippen molar-refractivity contribution in [1.29, 1.82) is 0 Å². The average Bonchev–Trinajstić information content (AvgIpc) is 3.47. The lowest BCUT2D eigenvalue weighted by Crippen LogP contribution is -2.44. The molecule has 0 unspecified atom stereocenters. The van der Waals surface area contributed by atoms with Gasteiger partial charge in [0.2, 0.25) is 0 Å². The Kier molecular flexibility index (Phi) is 6.27. The molecule has 1 aliphatic rings. The summed E-state index contributed by atoms with van der Waals surface area (Å²) in [7, 11) is 1.63. The van der Waals surface area contributed by atoms with Crippen molar-refractivity contribution in [3.63, 3.8) is 0 Å². The van der Waals surface area contributed by atoms with Gasteiger partial charge in [0.1, 0.15) is 11.4 Å². The molecule has 0 aliphatic carbocycles. The summed E-state index contributed by atoms with van der Waals surface area (Å²) in [6.45, 7) is 2.08. The number of nitrogens with one attached hydrogen (secondary N) is 1. The number of ether oxygens (including phenoxy) is 2. The van der Waals surface area contributed by atoms with Crippen LogP contribution in [0.25, 0.3) is 11.3 Å². The lowest BCUT2D eigenvalue weighted by molar-refractivity contribution is 0.0290. The van der Waals surface area contributed by atoms with Crippen LogP contribution in [0.3, 0.4) is 0 Å². The molecule has 0 bridgehead atoms. The van der Waals surface area contributed by atoms with Gasteiger partial charge in [0.25, 0.3) is 5.91 Å². The lowest BCUT2D eigenvalue weighted by Gasteiger charge is -2.34. The molecule has 3 heterocycles. The number of thiophene rings is 1. The Morgan fingerprint density at radius 2 is 2.10 bits per heavy atom. The van der Waals surface area contributed by atoms with Gasteiger partial charge in [0, 0.05) is 36.2 Å². The number of aromatic nitrogens is 2. The minimum Gasteiger partial charge on any atom is -0.496 e. The number of carbonyl (C=O) groups excluding carboxylic acids is 1. The summed E-state index contributed by atoms with van der Waals surface area (Å²) in [5.74, 6) is 0.721. The molecular formula is C22H25N3O3S. The standard InChI is InChI=1S/C22H25N3O3S/c1-27-21-7-3-2-6-18(21)19-15-20(24-23-19)22(26)25(16-9-12-28-13-10-16)11-8-17-5-4-14-29-17/h2-7,14-16H,8-13H2,1H3,(H,23,24). The second kappa shape index (κ2) is 9.24. The Balaban J connectivity index is 1.56. The summed E-state index contributed by atoms with van der Waals surface area (Å²) >= 11 is 1.73. The molecular weight excluding hydrogens is 386 g/mol. The summed E-state index contributed by atoms with van der Waals surface area (Å²) < 4.78 is 10.9. The number of benzene rings is 1. The van der Waals surface area contributed by atoms with Crippen LogP contribution in [0.5, 0.6) is 5.75 Å². The van der Waals surface area contributed by atoms with E-state index >= 15 is 0 Å². The first-order valence-electron chi connectivity index (χ1n) is 9.86. The van der Waals surface area contributed by atoms with E-state index in [0.717, 1.165) is 30.6 Å². The van der Waals surface area contributed by atoms with Crippen LogP contribution in [0, 0.1) is 0 Å². The van der Waals surface area contributed by atoms with Gasteiger partial charge in [-0.25, -0.2) is 0 Å². The van der Waals surface area contributed by atoms with Crippen LogP contribution in [0.1, 0.15) is 28.2 Å². The quantitative estimate of drug-likeness (QED) is 0.638. The molecule has 2 aromatic heterocycles. The van der Waals surface area contributed by atoms with Gasteiger partial charge in [0.15, 0.2) is 0 Å². The van der Waals surface area contributed by atoms with Crippen molar-refractivity contribution >= 4 is 17.2 Å². The van der Waals surface area contributed by atoms with Crippen molar-refractivity contribution in [2.24, 2.45) is 0 Å². The van der Waals surface area contributed by atoms with Crippen molar-refractivity contribution < 1.29 is 14.3 Å². The zero-order valence-corrected chi connectivity index (χ0v) is 17.3. The number of para-hydroxylation sites is 1. The second-order valence-corrected chi connectivity index (χ2v) is 8.07. The van der Waals surface area contributed by atoms with Gasteiger partial charge in [-0.1, -0.05) is 18.2 Å². The Hall–Kier alpha value is -2.64. The number of methoxy groups -OCH3 is 1. The molecule has 29 heavy (non-hydrogen) atoms. The molecule has 0 radical (unpaired) electrons. The first kappa shape index (κ1) is 19.7. The van der Waals surface area contributed by atoms with Crippen molar-refractivity contribution in [3.05, 3.63) is 58.4 Å². The fourth-order valence-corrected chi connectivity index (χ4v) is 4.41. The molecule has 1 amide bonds. The Labute approximate surface area is 174 Å². The number of nitrogens with zero attached hydrogens (tertiary/aromatic N) is 2. The van der Waals surface area contributed by atoms with Gasteiger partial charge >= 0.3 is 0 Å². The average molecular weight is 412 g/mol. The van der Waals surface area contributed by atoms with Gasteiger partial charge in [-0.05, 0) is 48.9 Å². The first-order valence-corrected chi connectivity index (χ1v) is 10.7. The van der Waals surface area contributed by atoms with E-state index in [4.69, 9.17) is 9.47 Å². The van der Waals surface area contributed by atoms with Crippen LogP contribution in [0.2, 0.25) is 0 Å². The predicted octanol–water partition coefficient (Wildman–Crippen LogP) is 4.01. The molecule has 1 aromatic carbocycles. The largest absolute Gasteiger partial charge is 0.496 e. The van der Waals surface area contributed by atoms with Gasteiger partial charge in [-0.3, -0.25) is 9.89 Å². The summed E-state index contributed by atoms with van der Waals surface area (Å²) in [6, 6.07) is 13.9. The second-order valence-electron chi connectivity index (χ2n) is 7.04. The van der Waals surface area contributed by atoms with E-state index in [1.165, 1.54) is 4.88 Å². The highest BCUT2D eigenvalue weighted by atomic mass is 32.1. The third-order valence-electron chi connectivity index (χ3n) is 5.26. The molecule has 0 spiro atoms. The number of hydrogen-bond acceptors (Lipinski definition) is 5. The number of aromatic amines is 1. The highest BCUT2D eigenvalue weighted by molar-refractivity contribution is 7.09. The summed E-state index contributed by atoms with van der Waals surface area (Å²) in [6.07, 6.45) is 2.58. The van der Waals surface area contributed by atoms with Crippen LogP contribution in [-0.4, -0.2) is 53.9 Å². The van der Waals surface area contributed by atoms with Gasteiger partial charge in [0.05, 0.1) is 12.8 Å². The molecule has 1 N–H and O–H groups in total. The SMILES string of the molecule is COc1ccccc1-c1cc(C(=O)N(CCc2cccs2)C2CCOCC2)[nH]n1. The van der Waals surface area contributed by atoms with Crippen molar-refractivity contribution in [2.45, 2.75) is 25.3 Å². The van der Waals surface area contributed by atoms with Gasteiger partial charge < -0.3 is 14.4 Å². The van der Waals surface area contributed by atoms with Gasteiger partial charge in [-0.2, -0.15) is 5.10 Å². The predicted molar refractivity (Wildman–Crippen MR) is 113 cm³/mol. The van der Waals surface area contributed by atoms with E-state index in [2.05, 4.69) is 27.7 Å². The normalized spacial score (nSPS) is 14.7. The molecule has 6 nitrogen and oxygen atoms in total. The zero-order chi connectivity index (χ0) is 20.1. The van der Waals surface area contributed by atoms with E-state index in [1.54, 1.807) is 18.4 Å². The summed E-state index contributed by atoms with van der Waals surface area (Å²) in [5, 5.41) is 9.39. The molecule has 4 rings (SSSR count). The smallest absolute Gasteiger partial charge is 0.272 e. The van der Waals surface area contributed by atoms with E-state index in [1.807, 2.05) is 35.2 Å². The van der Waals surface area contributed by atoms with Crippen LogP contribution in [0.15, 0.2) is 47.8 Å². The topological polar surface area (TPSA) is 67.4 Å². The van der Waals surface area contributed by atoms with E-state index < -0.39 is 0 Å². The monoisotopic (exact) mass is 411 g/mol. The maximum Gasteiger partial charge on any atom is 0.272 e. The molecule has 3 aromatic rings. The highest BCUT2D eigenvalue weighted by Gasteiger charge is 2.28. The van der Waals surface area contributed by atoms with E-state index in [9.17, 15) is 4.79 Å². The van der Waals surface area contributed by atoms with Crippen molar-refractivity contribution in [2.75, 3.05) is 26.9 Å². The fourth-order valence-electron chi connectivity index (χ4n) is 3.71. The highest BCUT2D eigenvalue weighted by Crippen LogP contribution is 2.29. The third-order valence-corrected chi connectivity index (χ3v) is 6.20. The number of hydrogen-bond donors (Lipinski definition) is 1. The van der Waals surface area contributed by atoms with Crippen molar-refractivity contribution in [1.82, 2.24) is 15.1 Å². The Bertz CT molecular complexity index is 932. The molecule has 1 saturated heterocycles. The molecule has 0 atom stereocenters. The van der Waals surface area contributed by atoms with Gasteiger partial charge in [-0.15, -0.1) is 11.3 Å². The molecule has 7 heteroatoms. The maximum atomic E-state index is 13.4. The Morgan fingerprint density at radius 3 is 2.86 bits per heavy atom. The minimum atomic E-state index is -0.0119. The molecule has 1 aliphatic heterocycles. The summed E-state index contributed by atoms with van der Waals surface area (Å²) in [5.41, 5.74) is 2.07. The number of rotatable bonds is 7. The van der Waals surface area contributed by atoms with Crippen molar-refractivity contribution in [3.8, 4) is 17.0 Å². The molecule has 152 valence electrons. The van der Waals surface area contributed by atoms with Crippen LogP contribution >= 0.6 is 11.3 Å². The fraction of sp³-hybridized carbons (Fsp3) is 0.364. The van der Waals surface area contributed by atoms with Crippen LogP contribution in [0.4, 0.5) is 0 Å². The van der Waals surface area contributed by atoms with Crippen LogP contribution in [-0.2, 0) is 11.2 Å². The third kappa shape index (κ3) is 4.52. The summed E-state index contributed by atoms with van der Waals surface area (Å²) in [4.78, 5) is 16.7. The molecule has 0 saturated carbocycles. The lowest BCUT2D eigenvalue weighted by atomic mass is 10.1. The first-order chi connectivity index (χ1) is 14.3. The molecule has 1 fully saturated rings. The maximum absolute atomic E-state index is 13.4. The Morgan fingerprint density at radius 1 is 1.28 bits per heavy atom. The zero-order valence-electron chi connectivity index (χ0n) is 16.5. The number of carbonyl (C=O) groups is 1.